The second-order valence-electron chi connectivity index (χ2n) is 4.01. The summed E-state index contributed by atoms with van der Waals surface area (Å²) >= 11 is 0. The van der Waals surface area contributed by atoms with E-state index in [1.54, 1.807) is 0 Å². The molecule has 0 radical (unpaired) electrons. The topological polar surface area (TPSA) is 0 Å². The molecule has 0 aliphatic rings. The third-order valence-corrected chi connectivity index (χ3v) is 2.92. The fourth-order valence-electron chi connectivity index (χ4n) is 2.07. The largest absolute Gasteiger partial charge is 0.246 e. The van der Waals surface area contributed by atoms with Gasteiger partial charge >= 0.3 is 0 Å². The van der Waals surface area contributed by atoms with Crippen LogP contribution in [0.15, 0.2) is 54.6 Å². The third kappa shape index (κ3) is 1.45. The maximum Gasteiger partial charge on any atom is 0.115 e. The van der Waals surface area contributed by atoms with Gasteiger partial charge in [-0.3, -0.25) is 0 Å². The van der Waals surface area contributed by atoms with Crippen molar-refractivity contribution in [3.63, 3.8) is 0 Å². The van der Waals surface area contributed by atoms with Crippen LogP contribution in [0.3, 0.4) is 0 Å². The fraction of sp³-hybridized carbons (Fsp3) is 0.0667. The second-order valence-corrected chi connectivity index (χ2v) is 4.01. The summed E-state index contributed by atoms with van der Waals surface area (Å²) in [6, 6.07) is 18.2. The average Bonchev–Trinajstić information content (AvgIpc) is 2.35. The zero-order chi connectivity index (χ0) is 11.0. The molecule has 0 nitrogen and oxygen atoms in total. The fourth-order valence-corrected chi connectivity index (χ4v) is 2.07. The first-order chi connectivity index (χ1) is 7.86. The SMILES string of the molecule is FCc1ccc2cc3ccccc3cc2c1. The molecule has 3 aromatic rings. The summed E-state index contributed by atoms with van der Waals surface area (Å²) in [7, 11) is 0. The van der Waals surface area contributed by atoms with Crippen LogP contribution in [-0.4, -0.2) is 0 Å². The highest BCUT2D eigenvalue weighted by Gasteiger charge is 1.99. The van der Waals surface area contributed by atoms with Crippen molar-refractivity contribution in [3.8, 4) is 0 Å². The molecule has 0 saturated heterocycles. The molecule has 0 aliphatic carbocycles. The summed E-state index contributed by atoms with van der Waals surface area (Å²) in [6.45, 7) is -0.400. The molecular formula is C15H11F. The Morgan fingerprint density at radius 3 is 2.00 bits per heavy atom. The highest BCUT2D eigenvalue weighted by Crippen LogP contribution is 2.23. The quantitative estimate of drug-likeness (QED) is 0.520. The first kappa shape index (κ1) is 9.34. The van der Waals surface area contributed by atoms with Gasteiger partial charge in [-0.15, -0.1) is 0 Å². The van der Waals surface area contributed by atoms with Crippen molar-refractivity contribution < 1.29 is 4.39 Å². The van der Waals surface area contributed by atoms with Crippen LogP contribution in [0.5, 0.6) is 0 Å². The molecule has 0 unspecified atom stereocenters. The molecule has 16 heavy (non-hydrogen) atoms. The van der Waals surface area contributed by atoms with E-state index in [2.05, 4.69) is 24.3 Å². The highest BCUT2D eigenvalue weighted by atomic mass is 19.1. The smallest absolute Gasteiger partial charge is 0.115 e. The van der Waals surface area contributed by atoms with Gasteiger partial charge in [-0.1, -0.05) is 36.4 Å². The molecule has 0 heterocycles. The van der Waals surface area contributed by atoms with Gasteiger partial charge in [0.25, 0.3) is 0 Å². The number of fused-ring (bicyclic) bond motifs is 2. The Labute approximate surface area is 93.3 Å². The molecule has 0 atom stereocenters. The Hall–Kier alpha value is -1.89. The standard InChI is InChI=1S/C15H11F/c16-10-11-5-6-14-8-12-3-1-2-4-13(12)9-15(14)7-11/h1-9H,10H2. The van der Waals surface area contributed by atoms with Crippen LogP contribution in [0.4, 0.5) is 4.39 Å². The normalized spacial score (nSPS) is 11.1. The minimum absolute atomic E-state index is 0.400. The molecule has 78 valence electrons. The Morgan fingerprint density at radius 1 is 0.688 bits per heavy atom. The van der Waals surface area contributed by atoms with E-state index in [-0.39, 0.29) is 0 Å². The summed E-state index contributed by atoms with van der Waals surface area (Å²) in [5, 5.41) is 4.69. The molecule has 3 rings (SSSR count). The maximum atomic E-state index is 12.6. The lowest BCUT2D eigenvalue weighted by molar-refractivity contribution is 0.485. The van der Waals surface area contributed by atoms with E-state index in [4.69, 9.17) is 0 Å². The minimum atomic E-state index is -0.400. The van der Waals surface area contributed by atoms with Gasteiger partial charge in [0.1, 0.15) is 6.67 Å². The van der Waals surface area contributed by atoms with Gasteiger partial charge in [-0.2, -0.15) is 0 Å². The number of rotatable bonds is 1. The number of hydrogen-bond acceptors (Lipinski definition) is 0. The Balaban J connectivity index is 2.37. The first-order valence-corrected chi connectivity index (χ1v) is 5.34. The van der Waals surface area contributed by atoms with Crippen molar-refractivity contribution in [2.75, 3.05) is 0 Å². The maximum absolute atomic E-state index is 12.6. The van der Waals surface area contributed by atoms with Gasteiger partial charge in [0.2, 0.25) is 0 Å². The summed E-state index contributed by atoms with van der Waals surface area (Å²) in [6.07, 6.45) is 0. The molecule has 0 N–H and O–H groups in total. The summed E-state index contributed by atoms with van der Waals surface area (Å²) in [5.74, 6) is 0. The Kier molecular flexibility index (Phi) is 2.10. The van der Waals surface area contributed by atoms with Crippen LogP contribution >= 0.6 is 0 Å². The highest BCUT2D eigenvalue weighted by molar-refractivity contribution is 5.98. The van der Waals surface area contributed by atoms with E-state index in [1.165, 1.54) is 10.8 Å². The summed E-state index contributed by atoms with van der Waals surface area (Å²) < 4.78 is 12.6. The average molecular weight is 210 g/mol. The molecule has 0 saturated carbocycles. The van der Waals surface area contributed by atoms with Crippen molar-refractivity contribution in [2.24, 2.45) is 0 Å². The molecule has 1 heteroatoms. The van der Waals surface area contributed by atoms with Crippen molar-refractivity contribution in [3.05, 3.63) is 60.2 Å². The summed E-state index contributed by atoms with van der Waals surface area (Å²) in [4.78, 5) is 0. The predicted molar refractivity (Wildman–Crippen MR) is 66.3 cm³/mol. The van der Waals surface area contributed by atoms with Gasteiger partial charge in [0.05, 0.1) is 0 Å². The first-order valence-electron chi connectivity index (χ1n) is 5.34. The molecular weight excluding hydrogens is 199 g/mol. The lowest BCUT2D eigenvalue weighted by Crippen LogP contribution is -1.80. The van der Waals surface area contributed by atoms with Crippen molar-refractivity contribution in [1.29, 1.82) is 0 Å². The van der Waals surface area contributed by atoms with Crippen molar-refractivity contribution in [1.82, 2.24) is 0 Å². The number of halogens is 1. The third-order valence-electron chi connectivity index (χ3n) is 2.92. The molecule has 0 spiro atoms. The van der Waals surface area contributed by atoms with Gasteiger partial charge in [0, 0.05) is 0 Å². The zero-order valence-corrected chi connectivity index (χ0v) is 8.78. The van der Waals surface area contributed by atoms with E-state index < -0.39 is 6.67 Å². The molecule has 0 aromatic heterocycles. The lowest BCUT2D eigenvalue weighted by Gasteiger charge is -2.03. The van der Waals surface area contributed by atoms with E-state index in [0.717, 1.165) is 16.3 Å². The Bertz CT molecular complexity index is 656. The zero-order valence-electron chi connectivity index (χ0n) is 8.78. The van der Waals surface area contributed by atoms with Crippen LogP contribution in [0, 0.1) is 0 Å². The van der Waals surface area contributed by atoms with Gasteiger partial charge in [-0.25, -0.2) is 4.39 Å². The number of hydrogen-bond donors (Lipinski definition) is 0. The van der Waals surface area contributed by atoms with Crippen LogP contribution in [0.1, 0.15) is 5.56 Å². The van der Waals surface area contributed by atoms with Gasteiger partial charge < -0.3 is 0 Å². The monoisotopic (exact) mass is 210 g/mol. The lowest BCUT2D eigenvalue weighted by atomic mass is 10.0. The molecule has 0 amide bonds. The Morgan fingerprint density at radius 2 is 1.31 bits per heavy atom. The van der Waals surface area contributed by atoms with Crippen LogP contribution in [-0.2, 0) is 6.67 Å². The van der Waals surface area contributed by atoms with Crippen molar-refractivity contribution in [2.45, 2.75) is 6.67 Å². The molecule has 0 fully saturated rings. The van der Waals surface area contributed by atoms with Crippen LogP contribution in [0.25, 0.3) is 21.5 Å². The van der Waals surface area contributed by atoms with Gasteiger partial charge in [0.15, 0.2) is 0 Å². The van der Waals surface area contributed by atoms with Crippen LogP contribution < -0.4 is 0 Å². The summed E-state index contributed by atoms with van der Waals surface area (Å²) in [5.41, 5.74) is 0.739. The van der Waals surface area contributed by atoms with E-state index in [9.17, 15) is 4.39 Å². The molecule has 0 bridgehead atoms. The van der Waals surface area contributed by atoms with Gasteiger partial charge in [-0.05, 0) is 45.3 Å². The minimum Gasteiger partial charge on any atom is -0.246 e. The predicted octanol–water partition coefficient (Wildman–Crippen LogP) is 4.46. The number of benzene rings is 3. The van der Waals surface area contributed by atoms with E-state index >= 15 is 0 Å². The molecule has 3 aromatic carbocycles. The van der Waals surface area contributed by atoms with E-state index in [1.807, 2.05) is 30.3 Å². The van der Waals surface area contributed by atoms with Crippen molar-refractivity contribution >= 4 is 21.5 Å². The number of alkyl halides is 1. The van der Waals surface area contributed by atoms with E-state index in [0.29, 0.717) is 0 Å². The second kappa shape index (κ2) is 3.60. The molecule has 0 aliphatic heterocycles. The van der Waals surface area contributed by atoms with Crippen LogP contribution in [0.2, 0.25) is 0 Å².